The number of fused-ring (bicyclic) bond motifs is 1. The van der Waals surface area contributed by atoms with Crippen molar-refractivity contribution in [2.24, 2.45) is 0 Å². The summed E-state index contributed by atoms with van der Waals surface area (Å²) in [4.78, 5) is 19.1. The van der Waals surface area contributed by atoms with Gasteiger partial charge in [0, 0.05) is 17.3 Å². The number of aromatic nitrogens is 3. The molecule has 0 radical (unpaired) electrons. The first-order chi connectivity index (χ1) is 12.6. The molecule has 0 unspecified atom stereocenters. The van der Waals surface area contributed by atoms with Crippen LogP contribution in [-0.4, -0.2) is 32.9 Å². The van der Waals surface area contributed by atoms with Crippen LogP contribution in [0, 0.1) is 6.92 Å². The molecule has 0 bridgehead atoms. The average Bonchev–Trinajstić information content (AvgIpc) is 3.24. The second-order valence-corrected chi connectivity index (χ2v) is 7.51. The number of aryl methyl sites for hydroxylation is 1. The summed E-state index contributed by atoms with van der Waals surface area (Å²) in [6.45, 7) is 4.14. The Morgan fingerprint density at radius 3 is 2.81 bits per heavy atom. The molecule has 6 heteroatoms. The Labute approximate surface area is 156 Å². The van der Waals surface area contributed by atoms with E-state index < -0.39 is 0 Å². The number of carbonyl (C=O) groups excluding carboxylic acids is 1. The Hall–Kier alpha value is -2.60. The quantitative estimate of drug-likeness (QED) is 0.714. The number of amides is 1. The van der Waals surface area contributed by atoms with E-state index in [9.17, 15) is 4.79 Å². The summed E-state index contributed by atoms with van der Waals surface area (Å²) >= 11 is 1.37. The van der Waals surface area contributed by atoms with Crippen LogP contribution in [0.25, 0.3) is 11.4 Å². The number of hydrogen-bond acceptors (Lipinski definition) is 4. The second-order valence-electron chi connectivity index (χ2n) is 6.57. The first kappa shape index (κ1) is 16.8. The van der Waals surface area contributed by atoms with E-state index in [-0.39, 0.29) is 11.9 Å². The summed E-state index contributed by atoms with van der Waals surface area (Å²) in [7, 11) is 0. The minimum atomic E-state index is 0.0918. The van der Waals surface area contributed by atoms with Crippen molar-refractivity contribution in [2.75, 3.05) is 10.7 Å². The van der Waals surface area contributed by atoms with Gasteiger partial charge in [-0.25, -0.2) is 4.98 Å². The number of nitrogens with one attached hydrogen (secondary N) is 1. The van der Waals surface area contributed by atoms with Gasteiger partial charge in [0.2, 0.25) is 11.1 Å². The zero-order valence-electron chi connectivity index (χ0n) is 14.8. The van der Waals surface area contributed by atoms with Gasteiger partial charge in [0.25, 0.3) is 0 Å². The number of carbonyl (C=O) groups is 1. The van der Waals surface area contributed by atoms with Crippen molar-refractivity contribution in [2.45, 2.75) is 31.5 Å². The number of H-pyrrole nitrogens is 1. The van der Waals surface area contributed by atoms with Crippen molar-refractivity contribution in [1.82, 2.24) is 15.2 Å². The lowest BCUT2D eigenvalue weighted by Crippen LogP contribution is -2.36. The molecule has 1 atom stereocenters. The van der Waals surface area contributed by atoms with E-state index in [1.165, 1.54) is 22.9 Å². The van der Waals surface area contributed by atoms with Crippen molar-refractivity contribution in [3.63, 3.8) is 0 Å². The highest BCUT2D eigenvalue weighted by atomic mass is 32.2. The molecule has 0 fully saturated rings. The number of thioether (sulfide) groups is 1. The predicted molar refractivity (Wildman–Crippen MR) is 104 cm³/mol. The lowest BCUT2D eigenvalue weighted by Gasteiger charge is -2.22. The maximum Gasteiger partial charge on any atom is 0.237 e. The molecule has 132 valence electrons. The Morgan fingerprint density at radius 2 is 2.00 bits per heavy atom. The van der Waals surface area contributed by atoms with Crippen LogP contribution in [0.5, 0.6) is 0 Å². The molecule has 4 rings (SSSR count). The van der Waals surface area contributed by atoms with Gasteiger partial charge in [0.15, 0.2) is 5.82 Å². The number of nitrogens with zero attached hydrogens (tertiary/aromatic N) is 3. The molecule has 2 aromatic carbocycles. The van der Waals surface area contributed by atoms with Crippen LogP contribution < -0.4 is 4.90 Å². The minimum absolute atomic E-state index is 0.0918. The summed E-state index contributed by atoms with van der Waals surface area (Å²) in [5.41, 5.74) is 4.45. The van der Waals surface area contributed by atoms with Gasteiger partial charge >= 0.3 is 0 Å². The number of anilines is 1. The molecular formula is C20H20N4OS. The second kappa shape index (κ2) is 6.96. The standard InChI is InChI=1S/C20H20N4OS/c1-13-7-9-15(10-8-13)19-21-20(23-22-19)26-12-18(25)24-14(2)11-16-5-3-4-6-17(16)24/h3-10,14H,11-12H2,1-2H3,(H,21,22,23)/t14-/m0/s1. The Bertz CT molecular complexity index is 935. The van der Waals surface area contributed by atoms with E-state index in [0.717, 1.165) is 23.5 Å². The Balaban J connectivity index is 1.43. The van der Waals surface area contributed by atoms with E-state index in [2.05, 4.69) is 35.1 Å². The highest BCUT2D eigenvalue weighted by molar-refractivity contribution is 7.99. The minimum Gasteiger partial charge on any atom is -0.308 e. The van der Waals surface area contributed by atoms with Crippen molar-refractivity contribution in [3.05, 3.63) is 59.7 Å². The maximum absolute atomic E-state index is 12.7. The van der Waals surface area contributed by atoms with Gasteiger partial charge in [-0.2, -0.15) is 0 Å². The van der Waals surface area contributed by atoms with E-state index in [4.69, 9.17) is 0 Å². The Kier molecular flexibility index (Phi) is 4.51. The van der Waals surface area contributed by atoms with Crippen LogP contribution in [0.1, 0.15) is 18.1 Å². The molecule has 5 nitrogen and oxygen atoms in total. The third-order valence-corrected chi connectivity index (χ3v) is 5.42. The van der Waals surface area contributed by atoms with E-state index in [0.29, 0.717) is 10.9 Å². The van der Waals surface area contributed by atoms with Crippen LogP contribution in [-0.2, 0) is 11.2 Å². The van der Waals surface area contributed by atoms with Gasteiger partial charge in [0.05, 0.1) is 5.75 Å². The predicted octanol–water partition coefficient (Wildman–Crippen LogP) is 3.85. The summed E-state index contributed by atoms with van der Waals surface area (Å²) in [5, 5.41) is 7.78. The molecule has 1 aliphatic rings. The number of benzene rings is 2. The number of para-hydroxylation sites is 1. The van der Waals surface area contributed by atoms with Crippen LogP contribution >= 0.6 is 11.8 Å². The van der Waals surface area contributed by atoms with Gasteiger partial charge in [0.1, 0.15) is 0 Å². The zero-order valence-corrected chi connectivity index (χ0v) is 15.6. The smallest absolute Gasteiger partial charge is 0.237 e. The van der Waals surface area contributed by atoms with Crippen molar-refractivity contribution in [1.29, 1.82) is 0 Å². The summed E-state index contributed by atoms with van der Waals surface area (Å²) in [6, 6.07) is 16.4. The largest absolute Gasteiger partial charge is 0.308 e. The maximum atomic E-state index is 12.7. The highest BCUT2D eigenvalue weighted by Gasteiger charge is 2.30. The monoisotopic (exact) mass is 364 g/mol. The molecule has 3 aromatic rings. The zero-order chi connectivity index (χ0) is 18.1. The topological polar surface area (TPSA) is 61.9 Å². The van der Waals surface area contributed by atoms with Gasteiger partial charge < -0.3 is 4.90 Å². The molecule has 1 aliphatic heterocycles. The fourth-order valence-electron chi connectivity index (χ4n) is 3.29. The highest BCUT2D eigenvalue weighted by Crippen LogP contribution is 2.32. The summed E-state index contributed by atoms with van der Waals surface area (Å²) in [6.07, 6.45) is 0.908. The van der Waals surface area contributed by atoms with Crippen molar-refractivity contribution in [3.8, 4) is 11.4 Å². The molecule has 1 N–H and O–H groups in total. The SMILES string of the molecule is Cc1ccc(-c2nc(SCC(=O)N3c4ccccc4C[C@@H]3C)n[nH]2)cc1. The van der Waals surface area contributed by atoms with E-state index in [1.807, 2.05) is 47.4 Å². The molecular weight excluding hydrogens is 344 g/mol. The van der Waals surface area contributed by atoms with E-state index in [1.54, 1.807) is 0 Å². The van der Waals surface area contributed by atoms with Crippen molar-refractivity contribution >= 4 is 23.4 Å². The van der Waals surface area contributed by atoms with Gasteiger partial charge in [-0.3, -0.25) is 9.89 Å². The van der Waals surface area contributed by atoms with Gasteiger partial charge in [-0.05, 0) is 31.9 Å². The number of aromatic amines is 1. The van der Waals surface area contributed by atoms with Crippen LogP contribution in [0.3, 0.4) is 0 Å². The summed E-state index contributed by atoms with van der Waals surface area (Å²) in [5.74, 6) is 1.14. The first-order valence-electron chi connectivity index (χ1n) is 8.64. The number of hydrogen-bond donors (Lipinski definition) is 1. The molecule has 0 aliphatic carbocycles. The normalized spacial score (nSPS) is 15.9. The third-order valence-electron chi connectivity index (χ3n) is 4.59. The van der Waals surface area contributed by atoms with Crippen LogP contribution in [0.15, 0.2) is 53.7 Å². The lowest BCUT2D eigenvalue weighted by molar-refractivity contribution is -0.116. The molecule has 1 aromatic heterocycles. The third kappa shape index (κ3) is 3.24. The van der Waals surface area contributed by atoms with Gasteiger partial charge in [-0.15, -0.1) is 5.10 Å². The number of rotatable bonds is 4. The lowest BCUT2D eigenvalue weighted by atomic mass is 10.1. The molecule has 1 amide bonds. The van der Waals surface area contributed by atoms with Crippen LogP contribution in [0.2, 0.25) is 0 Å². The summed E-state index contributed by atoms with van der Waals surface area (Å²) < 4.78 is 0. The molecule has 2 heterocycles. The average molecular weight is 364 g/mol. The molecule has 0 spiro atoms. The van der Waals surface area contributed by atoms with Crippen molar-refractivity contribution < 1.29 is 4.79 Å². The fraction of sp³-hybridized carbons (Fsp3) is 0.250. The first-order valence-corrected chi connectivity index (χ1v) is 9.62. The van der Waals surface area contributed by atoms with Gasteiger partial charge in [-0.1, -0.05) is 59.8 Å². The molecule has 0 saturated heterocycles. The van der Waals surface area contributed by atoms with Crippen LogP contribution in [0.4, 0.5) is 5.69 Å². The molecule has 26 heavy (non-hydrogen) atoms. The molecule has 0 saturated carbocycles. The Morgan fingerprint density at radius 1 is 1.23 bits per heavy atom. The van der Waals surface area contributed by atoms with E-state index >= 15 is 0 Å². The fourth-order valence-corrected chi connectivity index (χ4v) is 3.95.